The molecule has 0 atom stereocenters. The summed E-state index contributed by atoms with van der Waals surface area (Å²) in [6.07, 6.45) is -4.49. The molecule has 2 aromatic carbocycles. The van der Waals surface area contributed by atoms with Crippen molar-refractivity contribution in [3.8, 4) is 5.75 Å². The molecule has 3 N–H and O–H groups in total. The number of nitrogens with one attached hydrogen (secondary N) is 3. The number of ether oxygens (including phenoxy) is 1. The number of alkyl halides is 3. The lowest BCUT2D eigenvalue weighted by atomic mass is 10.2. The molecule has 0 aliphatic carbocycles. The van der Waals surface area contributed by atoms with Gasteiger partial charge in [-0.1, -0.05) is 12.1 Å². The molecule has 0 unspecified atom stereocenters. The minimum absolute atomic E-state index is 0.0648. The van der Waals surface area contributed by atoms with Gasteiger partial charge >= 0.3 is 12.2 Å². The van der Waals surface area contributed by atoms with Gasteiger partial charge in [0.1, 0.15) is 5.75 Å². The van der Waals surface area contributed by atoms with E-state index < -0.39 is 30.3 Å². The van der Waals surface area contributed by atoms with Gasteiger partial charge in [-0.25, -0.2) is 4.79 Å². The van der Waals surface area contributed by atoms with E-state index in [0.29, 0.717) is 11.4 Å². The van der Waals surface area contributed by atoms with Gasteiger partial charge in [0, 0.05) is 18.4 Å². The zero-order chi connectivity index (χ0) is 19.2. The van der Waals surface area contributed by atoms with Crippen LogP contribution in [0.25, 0.3) is 0 Å². The maximum Gasteiger partial charge on any atom is 0.416 e. The molecule has 0 heterocycles. The van der Waals surface area contributed by atoms with Crippen molar-refractivity contribution in [1.82, 2.24) is 5.32 Å². The van der Waals surface area contributed by atoms with Gasteiger partial charge in [0.2, 0.25) is 0 Å². The van der Waals surface area contributed by atoms with Crippen molar-refractivity contribution >= 4 is 23.3 Å². The van der Waals surface area contributed by atoms with Crippen LogP contribution in [0.1, 0.15) is 5.56 Å². The minimum Gasteiger partial charge on any atom is -0.484 e. The Bertz CT molecular complexity index is 794. The van der Waals surface area contributed by atoms with Crippen molar-refractivity contribution in [3.63, 3.8) is 0 Å². The smallest absolute Gasteiger partial charge is 0.416 e. The first-order chi connectivity index (χ1) is 12.3. The second-order valence-electron chi connectivity index (χ2n) is 5.15. The van der Waals surface area contributed by atoms with Crippen LogP contribution in [0.3, 0.4) is 0 Å². The van der Waals surface area contributed by atoms with E-state index in [-0.39, 0.29) is 5.75 Å². The van der Waals surface area contributed by atoms with E-state index in [2.05, 4.69) is 16.0 Å². The first kappa shape index (κ1) is 19.1. The molecule has 0 aliphatic rings. The van der Waals surface area contributed by atoms with E-state index in [1.807, 2.05) is 0 Å². The van der Waals surface area contributed by atoms with E-state index in [4.69, 9.17) is 4.74 Å². The molecule has 9 heteroatoms. The van der Waals surface area contributed by atoms with Gasteiger partial charge in [0.15, 0.2) is 6.61 Å². The molecule has 0 radical (unpaired) electrons. The van der Waals surface area contributed by atoms with Gasteiger partial charge in [-0.2, -0.15) is 13.2 Å². The largest absolute Gasteiger partial charge is 0.484 e. The molecule has 0 saturated carbocycles. The van der Waals surface area contributed by atoms with Gasteiger partial charge in [-0.15, -0.1) is 0 Å². The number of halogens is 3. The highest BCUT2D eigenvalue weighted by Gasteiger charge is 2.30. The average Bonchev–Trinajstić information content (AvgIpc) is 2.59. The van der Waals surface area contributed by atoms with Crippen molar-refractivity contribution in [1.29, 1.82) is 0 Å². The number of hydrogen-bond donors (Lipinski definition) is 3. The molecule has 0 aromatic heterocycles. The van der Waals surface area contributed by atoms with Crippen molar-refractivity contribution in [3.05, 3.63) is 54.1 Å². The summed E-state index contributed by atoms with van der Waals surface area (Å²) in [5.74, 6) is -0.621. The molecule has 0 aliphatic heterocycles. The number of carbonyl (C=O) groups excluding carboxylic acids is 2. The molecule has 26 heavy (non-hydrogen) atoms. The van der Waals surface area contributed by atoms with E-state index in [9.17, 15) is 22.8 Å². The Balaban J connectivity index is 1.93. The summed E-state index contributed by atoms with van der Waals surface area (Å²) in [5, 5.41) is 7.46. The SMILES string of the molecule is CNC(=O)Nc1cccc(NC(=O)COc2cccc(C(F)(F)F)c2)c1. The quantitative estimate of drug-likeness (QED) is 0.757. The Hall–Kier alpha value is -3.23. The van der Waals surface area contributed by atoms with E-state index >= 15 is 0 Å². The monoisotopic (exact) mass is 367 g/mol. The van der Waals surface area contributed by atoms with Crippen molar-refractivity contribution in [2.75, 3.05) is 24.3 Å². The Morgan fingerprint density at radius 1 is 1.00 bits per heavy atom. The van der Waals surface area contributed by atoms with Crippen LogP contribution in [-0.2, 0) is 11.0 Å². The van der Waals surface area contributed by atoms with Gasteiger partial charge in [-0.05, 0) is 36.4 Å². The molecule has 2 rings (SSSR count). The lowest BCUT2D eigenvalue weighted by Gasteiger charge is -2.11. The molecule has 138 valence electrons. The molecular weight excluding hydrogens is 351 g/mol. The minimum atomic E-state index is -4.49. The fraction of sp³-hybridized carbons (Fsp3) is 0.176. The molecule has 0 fully saturated rings. The number of carbonyl (C=O) groups is 2. The summed E-state index contributed by atoms with van der Waals surface area (Å²) in [7, 11) is 1.46. The van der Waals surface area contributed by atoms with Gasteiger partial charge in [0.25, 0.3) is 5.91 Å². The third-order valence-electron chi connectivity index (χ3n) is 3.16. The Morgan fingerprint density at radius 3 is 2.31 bits per heavy atom. The summed E-state index contributed by atoms with van der Waals surface area (Å²) >= 11 is 0. The van der Waals surface area contributed by atoms with E-state index in [1.54, 1.807) is 18.2 Å². The number of urea groups is 1. The Labute approximate surface area is 147 Å². The van der Waals surface area contributed by atoms with Crippen molar-refractivity contribution < 1.29 is 27.5 Å². The van der Waals surface area contributed by atoms with Crippen LogP contribution in [0.5, 0.6) is 5.75 Å². The first-order valence-electron chi connectivity index (χ1n) is 7.46. The standard InChI is InChI=1S/C17H16F3N3O3/c1-21-16(25)23-13-6-3-5-12(9-13)22-15(24)10-26-14-7-2-4-11(8-14)17(18,19)20/h2-9H,10H2,1H3,(H,22,24)(H2,21,23,25). The molecular formula is C17H16F3N3O3. The zero-order valence-corrected chi connectivity index (χ0v) is 13.7. The number of benzene rings is 2. The second-order valence-corrected chi connectivity index (χ2v) is 5.15. The van der Waals surface area contributed by atoms with Crippen LogP contribution in [0.2, 0.25) is 0 Å². The molecule has 0 bridgehead atoms. The Kier molecular flexibility index (Phi) is 6.05. The van der Waals surface area contributed by atoms with Crippen molar-refractivity contribution in [2.24, 2.45) is 0 Å². The summed E-state index contributed by atoms with van der Waals surface area (Å²) in [6, 6.07) is 10.2. The van der Waals surface area contributed by atoms with Gasteiger partial charge < -0.3 is 20.7 Å². The number of anilines is 2. The fourth-order valence-corrected chi connectivity index (χ4v) is 1.98. The molecule has 0 saturated heterocycles. The molecule has 2 aromatic rings. The topological polar surface area (TPSA) is 79.5 Å². The Morgan fingerprint density at radius 2 is 1.65 bits per heavy atom. The highest BCUT2D eigenvalue weighted by Crippen LogP contribution is 2.31. The zero-order valence-electron chi connectivity index (χ0n) is 13.7. The summed E-state index contributed by atoms with van der Waals surface area (Å²) < 4.78 is 43.0. The van der Waals surface area contributed by atoms with Crippen LogP contribution < -0.4 is 20.7 Å². The molecule has 0 spiro atoms. The van der Waals surface area contributed by atoms with Crippen LogP contribution in [-0.4, -0.2) is 25.6 Å². The first-order valence-corrected chi connectivity index (χ1v) is 7.46. The number of amides is 3. The second kappa shape index (κ2) is 8.24. The van der Waals surface area contributed by atoms with Crippen LogP contribution >= 0.6 is 0 Å². The molecule has 3 amide bonds. The third kappa shape index (κ3) is 5.69. The van der Waals surface area contributed by atoms with Crippen LogP contribution in [0, 0.1) is 0 Å². The maximum absolute atomic E-state index is 12.6. The third-order valence-corrected chi connectivity index (χ3v) is 3.16. The predicted molar refractivity (Wildman–Crippen MR) is 90.1 cm³/mol. The summed E-state index contributed by atoms with van der Waals surface area (Å²) in [4.78, 5) is 23.2. The van der Waals surface area contributed by atoms with E-state index in [0.717, 1.165) is 12.1 Å². The fourth-order valence-electron chi connectivity index (χ4n) is 1.98. The van der Waals surface area contributed by atoms with Crippen LogP contribution in [0.4, 0.5) is 29.3 Å². The van der Waals surface area contributed by atoms with Gasteiger partial charge in [0.05, 0.1) is 5.56 Å². The lowest BCUT2D eigenvalue weighted by molar-refractivity contribution is -0.137. The van der Waals surface area contributed by atoms with Crippen LogP contribution in [0.15, 0.2) is 48.5 Å². The lowest BCUT2D eigenvalue weighted by Crippen LogP contribution is -2.24. The number of hydrogen-bond acceptors (Lipinski definition) is 3. The average molecular weight is 367 g/mol. The predicted octanol–water partition coefficient (Wildman–Crippen LogP) is 3.47. The van der Waals surface area contributed by atoms with E-state index in [1.165, 1.54) is 25.2 Å². The van der Waals surface area contributed by atoms with Gasteiger partial charge in [-0.3, -0.25) is 4.79 Å². The summed E-state index contributed by atoms with van der Waals surface area (Å²) in [6.45, 7) is -0.464. The highest BCUT2D eigenvalue weighted by molar-refractivity contribution is 5.94. The normalized spacial score (nSPS) is 10.8. The van der Waals surface area contributed by atoms with Crippen molar-refractivity contribution in [2.45, 2.75) is 6.18 Å². The number of rotatable bonds is 5. The molecule has 6 nitrogen and oxygen atoms in total. The summed E-state index contributed by atoms with van der Waals surface area (Å²) in [5.41, 5.74) is 0.000812. The highest BCUT2D eigenvalue weighted by atomic mass is 19.4. The maximum atomic E-state index is 12.6.